The van der Waals surface area contributed by atoms with Gasteiger partial charge in [-0.1, -0.05) is 12.1 Å². The Hall–Kier alpha value is -2.75. The van der Waals surface area contributed by atoms with Crippen LogP contribution in [-0.4, -0.2) is 55.5 Å². The summed E-state index contributed by atoms with van der Waals surface area (Å²) >= 11 is 1.50. The predicted octanol–water partition coefficient (Wildman–Crippen LogP) is 0.257. The highest BCUT2D eigenvalue weighted by Crippen LogP contribution is 2.17. The number of para-hydroxylation sites is 1. The van der Waals surface area contributed by atoms with Crippen molar-refractivity contribution in [3.8, 4) is 5.75 Å². The molecule has 0 aliphatic rings. The molecule has 0 bridgehead atoms. The summed E-state index contributed by atoms with van der Waals surface area (Å²) in [6, 6.07) is 5.69. The van der Waals surface area contributed by atoms with Crippen molar-refractivity contribution in [3.05, 3.63) is 29.8 Å². The number of benzene rings is 1. The fourth-order valence-corrected chi connectivity index (χ4v) is 2.46. The van der Waals surface area contributed by atoms with Crippen molar-refractivity contribution in [2.24, 2.45) is 0 Å². The van der Waals surface area contributed by atoms with Crippen LogP contribution in [0, 0.1) is 0 Å². The van der Waals surface area contributed by atoms with Gasteiger partial charge in [-0.15, -0.1) is 0 Å². The van der Waals surface area contributed by atoms with E-state index in [-0.39, 0.29) is 5.56 Å². The summed E-state index contributed by atoms with van der Waals surface area (Å²) in [4.78, 5) is 47.0. The van der Waals surface area contributed by atoms with Crippen molar-refractivity contribution < 1.29 is 28.7 Å². The largest absolute Gasteiger partial charge is 0.496 e. The molecule has 1 atom stereocenters. The van der Waals surface area contributed by atoms with Gasteiger partial charge in [0.05, 0.1) is 12.7 Å². The number of carbonyl (C=O) groups excluding carboxylic acids is 4. The Labute approximate surface area is 161 Å². The third kappa shape index (κ3) is 7.99. The molecule has 0 aliphatic carbocycles. The molecule has 0 aliphatic heterocycles. The first kappa shape index (κ1) is 22.3. The molecule has 3 amide bonds. The van der Waals surface area contributed by atoms with E-state index in [9.17, 15) is 19.2 Å². The number of esters is 1. The number of amides is 3. The zero-order chi connectivity index (χ0) is 20.2. The zero-order valence-corrected chi connectivity index (χ0v) is 16.2. The molecule has 10 heteroatoms. The minimum Gasteiger partial charge on any atom is -0.496 e. The van der Waals surface area contributed by atoms with Crippen molar-refractivity contribution in [1.82, 2.24) is 16.2 Å². The van der Waals surface area contributed by atoms with Crippen LogP contribution >= 0.6 is 11.8 Å². The van der Waals surface area contributed by atoms with Crippen molar-refractivity contribution >= 4 is 35.5 Å². The highest BCUT2D eigenvalue weighted by molar-refractivity contribution is 7.98. The molecule has 9 nitrogen and oxygen atoms in total. The van der Waals surface area contributed by atoms with Gasteiger partial charge in [-0.25, -0.2) is 4.79 Å². The summed E-state index contributed by atoms with van der Waals surface area (Å²) < 4.78 is 10.1. The maximum absolute atomic E-state index is 12.5. The van der Waals surface area contributed by atoms with Crippen LogP contribution in [0.15, 0.2) is 24.3 Å². The van der Waals surface area contributed by atoms with Gasteiger partial charge in [-0.05, 0) is 30.6 Å². The summed E-state index contributed by atoms with van der Waals surface area (Å²) in [6.07, 6.45) is 2.19. The van der Waals surface area contributed by atoms with Gasteiger partial charge in [-0.3, -0.25) is 25.2 Å². The average Bonchev–Trinajstić information content (AvgIpc) is 2.67. The topological polar surface area (TPSA) is 123 Å². The Morgan fingerprint density at radius 2 is 1.85 bits per heavy atom. The fraction of sp³-hybridized carbons (Fsp3) is 0.412. The highest BCUT2D eigenvalue weighted by atomic mass is 32.2. The molecule has 1 aromatic carbocycles. The summed E-state index contributed by atoms with van der Waals surface area (Å²) in [7, 11) is 1.44. The van der Waals surface area contributed by atoms with E-state index in [1.165, 1.54) is 25.8 Å². The fourth-order valence-electron chi connectivity index (χ4n) is 1.98. The van der Waals surface area contributed by atoms with Crippen LogP contribution in [0.1, 0.15) is 23.7 Å². The Morgan fingerprint density at radius 3 is 2.48 bits per heavy atom. The van der Waals surface area contributed by atoms with E-state index in [1.807, 2.05) is 6.26 Å². The van der Waals surface area contributed by atoms with Gasteiger partial charge in [0, 0.05) is 6.92 Å². The van der Waals surface area contributed by atoms with Crippen molar-refractivity contribution in [3.63, 3.8) is 0 Å². The van der Waals surface area contributed by atoms with Crippen molar-refractivity contribution in [2.45, 2.75) is 19.4 Å². The first-order chi connectivity index (χ1) is 12.9. The van der Waals surface area contributed by atoms with Gasteiger partial charge in [0.2, 0.25) is 5.91 Å². The molecule has 0 saturated carbocycles. The molecule has 1 aromatic rings. The van der Waals surface area contributed by atoms with Crippen LogP contribution in [0.4, 0.5) is 0 Å². The van der Waals surface area contributed by atoms with E-state index in [0.29, 0.717) is 17.9 Å². The standard InChI is InChI=1S/C17H23N3O6S/c1-11(21)19-20-15(22)10-26-17(24)13(8-9-27-3)18-16(23)12-6-4-5-7-14(12)25-2/h4-7,13H,8-10H2,1-3H3,(H,18,23)(H,19,21)(H,20,22)/t13-/m1/s1. The maximum Gasteiger partial charge on any atom is 0.329 e. The van der Waals surface area contributed by atoms with E-state index in [1.54, 1.807) is 24.3 Å². The van der Waals surface area contributed by atoms with Gasteiger partial charge in [0.1, 0.15) is 11.8 Å². The summed E-state index contributed by atoms with van der Waals surface area (Å²) in [5, 5.41) is 2.61. The van der Waals surface area contributed by atoms with Gasteiger partial charge in [-0.2, -0.15) is 11.8 Å². The lowest BCUT2D eigenvalue weighted by atomic mass is 10.1. The second-order valence-corrected chi connectivity index (χ2v) is 6.33. The number of thioether (sulfide) groups is 1. The number of hydrazine groups is 1. The SMILES string of the molecule is COc1ccccc1C(=O)N[C@H](CCSC)C(=O)OCC(=O)NNC(C)=O. The Kier molecular flexibility index (Phi) is 9.73. The Bertz CT molecular complexity index is 682. The number of nitrogens with one attached hydrogen (secondary N) is 3. The third-order valence-corrected chi connectivity index (χ3v) is 3.92. The quantitative estimate of drug-likeness (QED) is 0.403. The molecule has 148 valence electrons. The van der Waals surface area contributed by atoms with Crippen LogP contribution in [0.3, 0.4) is 0 Å². The molecule has 0 fully saturated rings. The molecule has 0 aromatic heterocycles. The van der Waals surface area contributed by atoms with Gasteiger partial charge in [0.15, 0.2) is 6.61 Å². The van der Waals surface area contributed by atoms with E-state index in [4.69, 9.17) is 9.47 Å². The molecule has 3 N–H and O–H groups in total. The lowest BCUT2D eigenvalue weighted by Gasteiger charge is -2.18. The number of carbonyl (C=O) groups is 4. The van der Waals surface area contributed by atoms with Crippen LogP contribution in [0.25, 0.3) is 0 Å². The van der Waals surface area contributed by atoms with Gasteiger partial charge >= 0.3 is 5.97 Å². The smallest absolute Gasteiger partial charge is 0.329 e. The van der Waals surface area contributed by atoms with E-state index in [0.717, 1.165) is 0 Å². The third-order valence-electron chi connectivity index (χ3n) is 3.28. The normalized spacial score (nSPS) is 11.1. The summed E-state index contributed by atoms with van der Waals surface area (Å²) in [5.41, 5.74) is 4.44. The van der Waals surface area contributed by atoms with E-state index < -0.39 is 36.3 Å². The number of rotatable bonds is 9. The van der Waals surface area contributed by atoms with E-state index in [2.05, 4.69) is 16.2 Å². The highest BCUT2D eigenvalue weighted by Gasteiger charge is 2.24. The molecule has 1 rings (SSSR count). The summed E-state index contributed by atoms with van der Waals surface area (Å²) in [6.45, 7) is 0.636. The minimum absolute atomic E-state index is 0.283. The van der Waals surface area contributed by atoms with Crippen LogP contribution < -0.4 is 20.9 Å². The Morgan fingerprint density at radius 1 is 1.15 bits per heavy atom. The molecule has 0 heterocycles. The molecule has 0 spiro atoms. The minimum atomic E-state index is -0.927. The average molecular weight is 397 g/mol. The van der Waals surface area contributed by atoms with Gasteiger partial charge < -0.3 is 14.8 Å². The zero-order valence-electron chi connectivity index (χ0n) is 15.4. The molecular weight excluding hydrogens is 374 g/mol. The number of hydrogen-bond acceptors (Lipinski definition) is 7. The van der Waals surface area contributed by atoms with Crippen molar-refractivity contribution in [1.29, 1.82) is 0 Å². The lowest BCUT2D eigenvalue weighted by molar-refractivity contribution is -0.150. The van der Waals surface area contributed by atoms with Gasteiger partial charge in [0.25, 0.3) is 11.8 Å². The Balaban J connectivity index is 2.70. The van der Waals surface area contributed by atoms with Crippen LogP contribution in [0.2, 0.25) is 0 Å². The van der Waals surface area contributed by atoms with Crippen LogP contribution in [0.5, 0.6) is 5.75 Å². The first-order valence-electron chi connectivity index (χ1n) is 8.04. The van der Waals surface area contributed by atoms with Crippen molar-refractivity contribution in [2.75, 3.05) is 25.7 Å². The molecule has 0 saturated heterocycles. The summed E-state index contributed by atoms with van der Waals surface area (Å²) in [5.74, 6) is -1.41. The number of methoxy groups -OCH3 is 1. The maximum atomic E-state index is 12.5. The molecule has 0 radical (unpaired) electrons. The second kappa shape index (κ2) is 11.8. The molecule has 0 unspecified atom stereocenters. The first-order valence-corrected chi connectivity index (χ1v) is 9.43. The molecular formula is C17H23N3O6S. The lowest BCUT2D eigenvalue weighted by Crippen LogP contribution is -2.45. The monoisotopic (exact) mass is 397 g/mol. The molecule has 27 heavy (non-hydrogen) atoms. The van der Waals surface area contributed by atoms with Crippen LogP contribution in [-0.2, 0) is 19.1 Å². The second-order valence-electron chi connectivity index (χ2n) is 5.34. The number of ether oxygens (including phenoxy) is 2. The number of hydrogen-bond donors (Lipinski definition) is 3. The predicted molar refractivity (Wildman–Crippen MR) is 100 cm³/mol. The van der Waals surface area contributed by atoms with E-state index >= 15 is 0 Å².